The molecule has 0 fully saturated rings. The molecule has 1 rings (SSSR count). The maximum absolute atomic E-state index is 10.5. The molecule has 1 atom stereocenters. The van der Waals surface area contributed by atoms with Crippen LogP contribution < -0.4 is 0 Å². The fraction of sp³-hybridized carbons (Fsp3) is 0.600. The highest BCUT2D eigenvalue weighted by Gasteiger charge is 2.13. The summed E-state index contributed by atoms with van der Waals surface area (Å²) >= 11 is 0. The van der Waals surface area contributed by atoms with Crippen LogP contribution in [-0.2, 0) is 11.3 Å². The fourth-order valence-corrected chi connectivity index (χ4v) is 0.888. The summed E-state index contributed by atoms with van der Waals surface area (Å²) in [6.45, 7) is 6.31. The van der Waals surface area contributed by atoms with E-state index in [1.54, 1.807) is 0 Å². The summed E-state index contributed by atoms with van der Waals surface area (Å²) in [6, 6.07) is 1.37. The molecular weight excluding hydrogens is 198 g/mol. The summed E-state index contributed by atoms with van der Waals surface area (Å²) in [5.41, 5.74) is -0.0919. The van der Waals surface area contributed by atoms with Crippen molar-refractivity contribution in [3.8, 4) is 0 Å². The number of rotatable bonds is 5. The van der Waals surface area contributed by atoms with Crippen LogP contribution in [0.25, 0.3) is 0 Å². The van der Waals surface area contributed by atoms with Crippen molar-refractivity contribution in [2.75, 3.05) is 0 Å². The topological polar surface area (TPSA) is 72.6 Å². The van der Waals surface area contributed by atoms with Crippen molar-refractivity contribution in [2.24, 2.45) is 5.92 Å². The van der Waals surface area contributed by atoms with E-state index in [-0.39, 0.29) is 18.4 Å². The Labute approximate surface area is 88.0 Å². The minimum absolute atomic E-state index is 0.0919. The van der Waals surface area contributed by atoms with Crippen LogP contribution in [0.15, 0.2) is 10.6 Å². The fourth-order valence-electron chi connectivity index (χ4n) is 0.888. The summed E-state index contributed by atoms with van der Waals surface area (Å²) in [7, 11) is 0. The van der Waals surface area contributed by atoms with Crippen molar-refractivity contribution in [3.63, 3.8) is 0 Å². The van der Waals surface area contributed by atoms with Gasteiger partial charge < -0.3 is 14.4 Å². The average Bonchev–Trinajstić information content (AvgIpc) is 2.62. The Balaban J connectivity index is 2.48. The predicted octanol–water partition coefficient (Wildman–Crippen LogP) is 1.93. The van der Waals surface area contributed by atoms with Crippen LogP contribution in [0, 0.1) is 5.92 Å². The molecule has 15 heavy (non-hydrogen) atoms. The van der Waals surface area contributed by atoms with Crippen LogP contribution in [0.4, 0.5) is 0 Å². The molecule has 0 aromatic carbocycles. The molecule has 0 saturated carbocycles. The number of hydrogen-bond acceptors (Lipinski definition) is 4. The zero-order chi connectivity index (χ0) is 11.4. The van der Waals surface area contributed by atoms with Gasteiger partial charge in [-0.3, -0.25) is 0 Å². The Hall–Kier alpha value is -1.36. The normalized spacial score (nSPS) is 13.1. The number of aromatic nitrogens is 1. The van der Waals surface area contributed by atoms with E-state index in [2.05, 4.69) is 5.16 Å². The van der Waals surface area contributed by atoms with E-state index < -0.39 is 5.97 Å². The van der Waals surface area contributed by atoms with Gasteiger partial charge in [0.2, 0.25) is 0 Å². The molecule has 0 bridgehead atoms. The van der Waals surface area contributed by atoms with E-state index in [1.807, 2.05) is 20.8 Å². The van der Waals surface area contributed by atoms with Crippen molar-refractivity contribution >= 4 is 5.97 Å². The van der Waals surface area contributed by atoms with Gasteiger partial charge in [-0.1, -0.05) is 19.0 Å². The Bertz CT molecular complexity index is 332. The molecule has 0 saturated heterocycles. The van der Waals surface area contributed by atoms with E-state index in [0.717, 1.165) is 0 Å². The zero-order valence-electron chi connectivity index (χ0n) is 9.06. The first-order valence-electron chi connectivity index (χ1n) is 4.81. The van der Waals surface area contributed by atoms with Gasteiger partial charge in [0.15, 0.2) is 11.5 Å². The first kappa shape index (κ1) is 11.7. The Morgan fingerprint density at radius 1 is 1.60 bits per heavy atom. The molecule has 1 aromatic rings. The highest BCUT2D eigenvalue weighted by atomic mass is 16.5. The van der Waals surface area contributed by atoms with E-state index in [1.165, 1.54) is 6.07 Å². The molecular formula is C10H15NO4. The van der Waals surface area contributed by atoms with Crippen molar-refractivity contribution in [2.45, 2.75) is 33.5 Å². The van der Waals surface area contributed by atoms with Gasteiger partial charge >= 0.3 is 5.97 Å². The molecule has 0 aliphatic carbocycles. The maximum Gasteiger partial charge on any atom is 0.358 e. The second-order valence-electron chi connectivity index (χ2n) is 3.74. The molecule has 0 aliphatic heterocycles. The minimum atomic E-state index is -1.10. The quantitative estimate of drug-likeness (QED) is 0.809. The van der Waals surface area contributed by atoms with Crippen LogP contribution in [-0.4, -0.2) is 22.3 Å². The minimum Gasteiger partial charge on any atom is -0.476 e. The van der Waals surface area contributed by atoms with Crippen LogP contribution >= 0.6 is 0 Å². The van der Waals surface area contributed by atoms with Gasteiger partial charge in [-0.2, -0.15) is 0 Å². The van der Waals surface area contributed by atoms with Gasteiger partial charge in [-0.05, 0) is 12.8 Å². The Morgan fingerprint density at radius 2 is 2.27 bits per heavy atom. The molecule has 84 valence electrons. The number of carboxylic acid groups (broad SMARTS) is 1. The number of nitrogens with zero attached hydrogens (tertiary/aromatic N) is 1. The first-order chi connectivity index (χ1) is 7.00. The molecule has 1 aromatic heterocycles. The lowest BCUT2D eigenvalue weighted by atomic mass is 10.1. The molecule has 1 unspecified atom stereocenters. The molecule has 5 nitrogen and oxygen atoms in total. The summed E-state index contributed by atoms with van der Waals surface area (Å²) < 4.78 is 10.3. The summed E-state index contributed by atoms with van der Waals surface area (Å²) in [5.74, 6) is -0.256. The van der Waals surface area contributed by atoms with Crippen LogP contribution in [0.3, 0.4) is 0 Å². The predicted molar refractivity (Wildman–Crippen MR) is 52.6 cm³/mol. The number of ether oxygens (including phenoxy) is 1. The van der Waals surface area contributed by atoms with Gasteiger partial charge in [-0.15, -0.1) is 0 Å². The first-order valence-corrected chi connectivity index (χ1v) is 4.81. The molecule has 0 aliphatic rings. The third kappa shape index (κ3) is 3.36. The van der Waals surface area contributed by atoms with Gasteiger partial charge in [0.05, 0.1) is 6.10 Å². The number of carbonyl (C=O) groups is 1. The van der Waals surface area contributed by atoms with Crippen molar-refractivity contribution in [3.05, 3.63) is 17.5 Å². The highest BCUT2D eigenvalue weighted by molar-refractivity contribution is 5.85. The lowest BCUT2D eigenvalue weighted by molar-refractivity contribution is 0.0126. The Morgan fingerprint density at radius 3 is 2.73 bits per heavy atom. The number of hydrogen-bond donors (Lipinski definition) is 1. The second-order valence-corrected chi connectivity index (χ2v) is 3.74. The smallest absolute Gasteiger partial charge is 0.358 e. The van der Waals surface area contributed by atoms with Gasteiger partial charge in [0, 0.05) is 6.07 Å². The molecule has 1 N–H and O–H groups in total. The highest BCUT2D eigenvalue weighted by Crippen LogP contribution is 2.10. The third-order valence-corrected chi connectivity index (χ3v) is 2.21. The van der Waals surface area contributed by atoms with E-state index >= 15 is 0 Å². The number of carboxylic acids is 1. The van der Waals surface area contributed by atoms with Crippen molar-refractivity contribution < 1.29 is 19.2 Å². The van der Waals surface area contributed by atoms with Crippen molar-refractivity contribution in [1.29, 1.82) is 0 Å². The molecule has 5 heteroatoms. The summed E-state index contributed by atoms with van der Waals surface area (Å²) in [4.78, 5) is 10.5. The monoisotopic (exact) mass is 213 g/mol. The second kappa shape index (κ2) is 4.93. The maximum atomic E-state index is 10.5. The van der Waals surface area contributed by atoms with Gasteiger partial charge in [0.1, 0.15) is 6.61 Å². The lowest BCUT2D eigenvalue weighted by Gasteiger charge is -2.14. The van der Waals surface area contributed by atoms with E-state index in [4.69, 9.17) is 14.4 Å². The summed E-state index contributed by atoms with van der Waals surface area (Å²) in [6.07, 6.45) is 0.100. The molecule has 0 radical (unpaired) electrons. The van der Waals surface area contributed by atoms with Gasteiger partial charge in [-0.25, -0.2) is 4.79 Å². The van der Waals surface area contributed by atoms with Crippen LogP contribution in [0.1, 0.15) is 37.0 Å². The molecule has 0 amide bonds. The van der Waals surface area contributed by atoms with Gasteiger partial charge in [0.25, 0.3) is 0 Å². The SMILES string of the molecule is CC(C)C(C)OCc1cc(C(=O)O)no1. The lowest BCUT2D eigenvalue weighted by Crippen LogP contribution is -2.14. The van der Waals surface area contributed by atoms with Crippen molar-refractivity contribution in [1.82, 2.24) is 5.16 Å². The Kier molecular flexibility index (Phi) is 3.85. The standard InChI is InChI=1S/C10H15NO4/c1-6(2)7(3)14-5-8-4-9(10(12)13)11-15-8/h4,6-7H,5H2,1-3H3,(H,12,13). The summed E-state index contributed by atoms with van der Waals surface area (Å²) in [5, 5.41) is 12.0. The molecule has 0 spiro atoms. The molecule has 1 heterocycles. The largest absolute Gasteiger partial charge is 0.476 e. The van der Waals surface area contributed by atoms with E-state index in [0.29, 0.717) is 11.7 Å². The van der Waals surface area contributed by atoms with E-state index in [9.17, 15) is 4.79 Å². The zero-order valence-corrected chi connectivity index (χ0v) is 9.06. The van der Waals surface area contributed by atoms with Crippen LogP contribution in [0.5, 0.6) is 0 Å². The van der Waals surface area contributed by atoms with Crippen LogP contribution in [0.2, 0.25) is 0 Å². The average molecular weight is 213 g/mol. The third-order valence-electron chi connectivity index (χ3n) is 2.21. The number of aromatic carboxylic acids is 1.